The maximum absolute atomic E-state index is 4.55. The van der Waals surface area contributed by atoms with E-state index in [2.05, 4.69) is 21.3 Å². The molecule has 1 N–H and O–H groups in total. The van der Waals surface area contributed by atoms with Crippen molar-refractivity contribution in [1.29, 1.82) is 0 Å². The van der Waals surface area contributed by atoms with Crippen LogP contribution in [0.15, 0.2) is 6.26 Å². The summed E-state index contributed by atoms with van der Waals surface area (Å²) in [4.78, 5) is 4.45. The Labute approximate surface area is 35.5 Å². The fourth-order valence-corrected chi connectivity index (χ4v) is 0.205. The van der Waals surface area contributed by atoms with Crippen molar-refractivity contribution in [3.05, 3.63) is 12.5 Å². The molecule has 0 fully saturated rings. The lowest BCUT2D eigenvalue weighted by atomic mass is 11.0. The van der Waals surface area contributed by atoms with Crippen LogP contribution in [0, 0.1) is 6.20 Å². The van der Waals surface area contributed by atoms with E-state index in [1.165, 1.54) is 6.26 Å². The Morgan fingerprint density at radius 2 is 2.83 bits per heavy atom. The summed E-state index contributed by atoms with van der Waals surface area (Å²) in [5, 5.41) is 0. The molecule has 3 heteroatoms. The molecule has 3 nitrogen and oxygen atoms in total. The Morgan fingerprint density at radius 3 is 3.00 bits per heavy atom. The lowest BCUT2D eigenvalue weighted by Gasteiger charge is -2.04. The standard InChI is InChI=1S/C3H4NO2/c1-2-5-3-6-4-1/h2,4H,3H2. The van der Waals surface area contributed by atoms with Gasteiger partial charge >= 0.3 is 0 Å². The van der Waals surface area contributed by atoms with Gasteiger partial charge in [-0.25, -0.2) is 4.84 Å². The first kappa shape index (κ1) is 3.49. The third-order valence-electron chi connectivity index (χ3n) is 0.400. The first-order chi connectivity index (χ1) is 3.00. The average molecular weight is 86.1 g/mol. The minimum absolute atomic E-state index is 0.271. The van der Waals surface area contributed by atoms with Gasteiger partial charge in [-0.2, -0.15) is 0 Å². The van der Waals surface area contributed by atoms with E-state index in [4.69, 9.17) is 0 Å². The third kappa shape index (κ3) is 0.621. The second kappa shape index (κ2) is 1.67. The van der Waals surface area contributed by atoms with Gasteiger partial charge in [-0.05, 0) is 0 Å². The molecular weight excluding hydrogens is 82.0 g/mol. The molecule has 33 valence electrons. The molecule has 0 aromatic heterocycles. The quantitative estimate of drug-likeness (QED) is 0.441. The molecule has 1 aliphatic heterocycles. The molecule has 0 aromatic rings. The molecule has 0 aliphatic carbocycles. The Balaban J connectivity index is 2.26. The number of hydrogen-bond acceptors (Lipinski definition) is 3. The van der Waals surface area contributed by atoms with E-state index in [0.717, 1.165) is 0 Å². The molecule has 1 aliphatic rings. The minimum Gasteiger partial charge on any atom is -0.471 e. The zero-order valence-electron chi connectivity index (χ0n) is 3.10. The molecule has 0 saturated carbocycles. The van der Waals surface area contributed by atoms with Gasteiger partial charge in [-0.15, -0.1) is 0 Å². The largest absolute Gasteiger partial charge is 0.471 e. The fraction of sp³-hybridized carbons (Fsp3) is 0.333. The summed E-state index contributed by atoms with van der Waals surface area (Å²) in [6.07, 6.45) is 3.87. The minimum atomic E-state index is 0.271. The Bertz CT molecular complexity index is 53.8. The van der Waals surface area contributed by atoms with Crippen LogP contribution < -0.4 is 5.48 Å². The molecule has 0 saturated heterocycles. The average Bonchev–Trinajstić information content (AvgIpc) is 1.72. The van der Waals surface area contributed by atoms with Crippen LogP contribution in [-0.4, -0.2) is 6.79 Å². The highest BCUT2D eigenvalue weighted by Gasteiger charge is 1.84. The monoisotopic (exact) mass is 86.0 g/mol. The van der Waals surface area contributed by atoms with Crippen LogP contribution in [0.3, 0.4) is 0 Å². The number of ether oxygens (including phenoxy) is 1. The van der Waals surface area contributed by atoms with Crippen molar-refractivity contribution in [1.82, 2.24) is 5.48 Å². The van der Waals surface area contributed by atoms with Gasteiger partial charge in [0.05, 0.1) is 0 Å². The van der Waals surface area contributed by atoms with E-state index in [1.54, 1.807) is 0 Å². The lowest BCUT2D eigenvalue weighted by molar-refractivity contribution is -0.0744. The highest BCUT2D eigenvalue weighted by Crippen LogP contribution is 1.80. The summed E-state index contributed by atoms with van der Waals surface area (Å²) in [7, 11) is 0. The highest BCUT2D eigenvalue weighted by atomic mass is 16.8. The highest BCUT2D eigenvalue weighted by molar-refractivity contribution is 4.55. The van der Waals surface area contributed by atoms with E-state index >= 15 is 0 Å². The molecule has 6 heavy (non-hydrogen) atoms. The second-order valence-electron chi connectivity index (χ2n) is 0.793. The molecule has 1 radical (unpaired) electrons. The van der Waals surface area contributed by atoms with Crippen molar-refractivity contribution in [2.24, 2.45) is 0 Å². The zero-order chi connectivity index (χ0) is 4.24. The summed E-state index contributed by atoms with van der Waals surface area (Å²) in [6.45, 7) is 0.271. The smallest absolute Gasteiger partial charge is 0.212 e. The van der Waals surface area contributed by atoms with E-state index in [1.807, 2.05) is 0 Å². The van der Waals surface area contributed by atoms with Crippen molar-refractivity contribution in [3.63, 3.8) is 0 Å². The van der Waals surface area contributed by atoms with Crippen molar-refractivity contribution in [3.8, 4) is 0 Å². The van der Waals surface area contributed by atoms with Gasteiger partial charge in [0.2, 0.25) is 6.79 Å². The molecule has 0 spiro atoms. The maximum atomic E-state index is 4.55. The predicted molar refractivity (Wildman–Crippen MR) is 18.0 cm³/mol. The zero-order valence-corrected chi connectivity index (χ0v) is 3.10. The molecule has 0 atom stereocenters. The van der Waals surface area contributed by atoms with Crippen LogP contribution in [0.4, 0.5) is 0 Å². The van der Waals surface area contributed by atoms with Gasteiger partial charge in [0.25, 0.3) is 0 Å². The molecule has 1 heterocycles. The first-order valence-corrected chi connectivity index (χ1v) is 1.56. The number of hydrogen-bond donors (Lipinski definition) is 1. The van der Waals surface area contributed by atoms with E-state index < -0.39 is 0 Å². The van der Waals surface area contributed by atoms with Crippen LogP contribution in [0.1, 0.15) is 0 Å². The van der Waals surface area contributed by atoms with Crippen LogP contribution >= 0.6 is 0 Å². The molecule has 0 bridgehead atoms. The topological polar surface area (TPSA) is 30.5 Å². The van der Waals surface area contributed by atoms with Crippen molar-refractivity contribution in [2.75, 3.05) is 6.79 Å². The predicted octanol–water partition coefficient (Wildman–Crippen LogP) is -0.230. The van der Waals surface area contributed by atoms with Gasteiger partial charge < -0.3 is 4.74 Å². The van der Waals surface area contributed by atoms with Crippen LogP contribution in [0.5, 0.6) is 0 Å². The van der Waals surface area contributed by atoms with E-state index in [-0.39, 0.29) is 6.79 Å². The van der Waals surface area contributed by atoms with E-state index in [9.17, 15) is 0 Å². The Hall–Kier alpha value is -0.700. The van der Waals surface area contributed by atoms with Gasteiger partial charge in [-0.1, -0.05) is 0 Å². The third-order valence-corrected chi connectivity index (χ3v) is 0.400. The van der Waals surface area contributed by atoms with Crippen molar-refractivity contribution < 1.29 is 9.57 Å². The summed E-state index contributed by atoms with van der Waals surface area (Å²) >= 11 is 0. The fourth-order valence-electron chi connectivity index (χ4n) is 0.205. The van der Waals surface area contributed by atoms with Crippen molar-refractivity contribution in [2.45, 2.75) is 0 Å². The second-order valence-corrected chi connectivity index (χ2v) is 0.793. The summed E-state index contributed by atoms with van der Waals surface area (Å²) in [6, 6.07) is 0. The summed E-state index contributed by atoms with van der Waals surface area (Å²) in [5.41, 5.74) is 2.35. The maximum Gasteiger partial charge on any atom is 0.212 e. The number of nitrogens with one attached hydrogen (secondary N) is 1. The SMILES string of the molecule is [C]1=COCON1. The molecule has 0 aromatic carbocycles. The lowest BCUT2D eigenvalue weighted by Crippen LogP contribution is -2.13. The number of rotatable bonds is 0. The van der Waals surface area contributed by atoms with Gasteiger partial charge in [-0.3, -0.25) is 5.48 Å². The Morgan fingerprint density at radius 1 is 1.83 bits per heavy atom. The summed E-state index contributed by atoms with van der Waals surface area (Å²) in [5.74, 6) is 0. The molecule has 0 amide bonds. The molecule has 0 unspecified atom stereocenters. The summed E-state index contributed by atoms with van der Waals surface area (Å²) < 4.78 is 4.55. The van der Waals surface area contributed by atoms with Crippen LogP contribution in [0.25, 0.3) is 0 Å². The van der Waals surface area contributed by atoms with Crippen LogP contribution in [-0.2, 0) is 9.57 Å². The first-order valence-electron chi connectivity index (χ1n) is 1.56. The molecular formula is C3H4NO2. The van der Waals surface area contributed by atoms with Gasteiger partial charge in [0.1, 0.15) is 12.5 Å². The van der Waals surface area contributed by atoms with Gasteiger partial charge in [0, 0.05) is 0 Å². The Kier molecular flexibility index (Phi) is 0.969. The molecule has 1 rings (SSSR count). The number of hydroxylamine groups is 1. The van der Waals surface area contributed by atoms with Crippen molar-refractivity contribution >= 4 is 0 Å². The van der Waals surface area contributed by atoms with Crippen LogP contribution in [0.2, 0.25) is 0 Å². The normalized spacial score (nSPS) is 18.7. The van der Waals surface area contributed by atoms with E-state index in [0.29, 0.717) is 0 Å². The van der Waals surface area contributed by atoms with Gasteiger partial charge in [0.15, 0.2) is 0 Å².